The first-order valence-corrected chi connectivity index (χ1v) is 11.4. The Morgan fingerprint density at radius 3 is 2.66 bits per heavy atom. The van der Waals surface area contributed by atoms with Gasteiger partial charge in [-0.25, -0.2) is 4.98 Å². The molecule has 1 aliphatic rings. The van der Waals surface area contributed by atoms with Crippen LogP contribution in [-0.4, -0.2) is 24.4 Å². The predicted molar refractivity (Wildman–Crippen MR) is 118 cm³/mol. The van der Waals surface area contributed by atoms with E-state index in [-0.39, 0.29) is 17.2 Å². The average molecular weight is 410 g/mol. The number of hydrogen-bond donors (Lipinski definition) is 1. The second kappa shape index (κ2) is 7.75. The number of para-hydroxylation sites is 2. The molecular formula is C23H27N3O2S. The van der Waals surface area contributed by atoms with Gasteiger partial charge < -0.3 is 9.88 Å². The van der Waals surface area contributed by atoms with E-state index >= 15 is 0 Å². The lowest BCUT2D eigenvalue weighted by Gasteiger charge is -2.18. The number of hydrogen-bond acceptors (Lipinski definition) is 3. The summed E-state index contributed by atoms with van der Waals surface area (Å²) in [6.07, 6.45) is 2.27. The van der Waals surface area contributed by atoms with Crippen LogP contribution in [-0.2, 0) is 27.9 Å². The van der Waals surface area contributed by atoms with Crippen LogP contribution in [0.4, 0.5) is 5.69 Å². The molecule has 1 amide bonds. The van der Waals surface area contributed by atoms with Gasteiger partial charge in [-0.3, -0.25) is 9.00 Å². The van der Waals surface area contributed by atoms with Gasteiger partial charge in [0.1, 0.15) is 12.4 Å². The van der Waals surface area contributed by atoms with Crippen LogP contribution in [0.25, 0.3) is 11.0 Å². The zero-order valence-electron chi connectivity index (χ0n) is 17.1. The molecule has 2 aromatic carbocycles. The molecule has 6 heteroatoms. The molecule has 4 rings (SSSR count). The highest BCUT2D eigenvalue weighted by molar-refractivity contribution is 7.85. The summed E-state index contributed by atoms with van der Waals surface area (Å²) in [5.41, 5.74) is 3.63. The van der Waals surface area contributed by atoms with E-state index < -0.39 is 10.8 Å². The Morgan fingerprint density at radius 2 is 1.93 bits per heavy atom. The minimum Gasteiger partial charge on any atom is -0.325 e. The SMILES string of the molecule is CC(C)(C)S(=O)Cc1cccc(NC(=O)Cn2c(C3CC3)nc3ccccc32)c1. The average Bonchev–Trinajstić information content (AvgIpc) is 3.44. The van der Waals surface area contributed by atoms with Gasteiger partial charge in [0.25, 0.3) is 0 Å². The van der Waals surface area contributed by atoms with Gasteiger partial charge in [-0.1, -0.05) is 24.3 Å². The van der Waals surface area contributed by atoms with Crippen molar-refractivity contribution in [2.75, 3.05) is 5.32 Å². The van der Waals surface area contributed by atoms with Crippen LogP contribution in [0.2, 0.25) is 0 Å². The topological polar surface area (TPSA) is 64.0 Å². The van der Waals surface area contributed by atoms with Gasteiger partial charge in [-0.05, 0) is 63.4 Å². The van der Waals surface area contributed by atoms with Crippen LogP contribution in [0, 0.1) is 0 Å². The standard InChI is InChI=1S/C23H27N3O2S/c1-23(2,3)29(28)15-16-7-6-8-18(13-16)24-21(27)14-26-20-10-5-4-9-19(20)25-22(26)17-11-12-17/h4-10,13,17H,11-12,14-15H2,1-3H3,(H,24,27). The quantitative estimate of drug-likeness (QED) is 0.647. The Morgan fingerprint density at radius 1 is 1.17 bits per heavy atom. The van der Waals surface area contributed by atoms with Gasteiger partial charge in [0.2, 0.25) is 5.91 Å². The Balaban J connectivity index is 1.50. The van der Waals surface area contributed by atoms with Crippen molar-refractivity contribution in [1.29, 1.82) is 0 Å². The van der Waals surface area contributed by atoms with Crippen LogP contribution in [0.3, 0.4) is 0 Å². The van der Waals surface area contributed by atoms with Crippen molar-refractivity contribution in [3.8, 4) is 0 Å². The molecule has 1 aliphatic carbocycles. The largest absolute Gasteiger partial charge is 0.325 e. The van der Waals surface area contributed by atoms with Crippen LogP contribution < -0.4 is 5.32 Å². The van der Waals surface area contributed by atoms with Gasteiger partial charge in [-0.15, -0.1) is 0 Å². The highest BCUT2D eigenvalue weighted by Crippen LogP contribution is 2.40. The van der Waals surface area contributed by atoms with E-state index in [1.807, 2.05) is 73.9 Å². The fourth-order valence-electron chi connectivity index (χ4n) is 3.36. The fraction of sp³-hybridized carbons (Fsp3) is 0.391. The molecule has 0 aliphatic heterocycles. The van der Waals surface area contributed by atoms with Crippen molar-refractivity contribution in [2.45, 2.75) is 56.6 Å². The van der Waals surface area contributed by atoms with Gasteiger partial charge in [0, 0.05) is 32.9 Å². The Hall–Kier alpha value is -2.47. The molecule has 29 heavy (non-hydrogen) atoms. The third kappa shape index (κ3) is 4.58. The van der Waals surface area contributed by atoms with Crippen molar-refractivity contribution in [3.63, 3.8) is 0 Å². The minimum absolute atomic E-state index is 0.0795. The van der Waals surface area contributed by atoms with Gasteiger partial charge >= 0.3 is 0 Å². The smallest absolute Gasteiger partial charge is 0.244 e. The highest BCUT2D eigenvalue weighted by Gasteiger charge is 2.30. The summed E-state index contributed by atoms with van der Waals surface area (Å²) in [6, 6.07) is 15.6. The molecule has 1 heterocycles. The highest BCUT2D eigenvalue weighted by atomic mass is 32.2. The first kappa shape index (κ1) is 19.8. The van der Waals surface area contributed by atoms with E-state index in [1.54, 1.807) is 0 Å². The molecule has 1 atom stereocenters. The van der Waals surface area contributed by atoms with Crippen LogP contribution in [0.5, 0.6) is 0 Å². The zero-order valence-corrected chi connectivity index (χ0v) is 18.0. The van der Waals surface area contributed by atoms with E-state index in [1.165, 1.54) is 0 Å². The summed E-state index contributed by atoms with van der Waals surface area (Å²) in [5.74, 6) is 1.87. The van der Waals surface area contributed by atoms with Crippen LogP contribution in [0.1, 0.15) is 50.9 Å². The van der Waals surface area contributed by atoms with Crippen LogP contribution in [0.15, 0.2) is 48.5 Å². The Bertz CT molecular complexity index is 1080. The third-order valence-electron chi connectivity index (χ3n) is 5.12. The Kier molecular flexibility index (Phi) is 5.30. The number of imidazole rings is 1. The van der Waals surface area contributed by atoms with Crippen molar-refractivity contribution >= 4 is 33.4 Å². The van der Waals surface area contributed by atoms with Gasteiger partial charge in [0.05, 0.1) is 11.0 Å². The third-order valence-corrected chi connectivity index (χ3v) is 7.08. The van der Waals surface area contributed by atoms with Crippen molar-refractivity contribution in [3.05, 3.63) is 59.9 Å². The molecule has 0 bridgehead atoms. The molecule has 1 fully saturated rings. The number of carbonyl (C=O) groups excluding carboxylic acids is 1. The van der Waals surface area contributed by atoms with E-state index in [0.29, 0.717) is 11.7 Å². The molecule has 1 saturated carbocycles. The Labute approximate surface area is 174 Å². The number of rotatable bonds is 6. The molecule has 0 radical (unpaired) electrons. The summed E-state index contributed by atoms with van der Waals surface area (Å²) in [5, 5.41) is 3.00. The van der Waals surface area contributed by atoms with E-state index in [0.717, 1.165) is 41.0 Å². The number of fused-ring (bicyclic) bond motifs is 1. The van der Waals surface area contributed by atoms with Crippen molar-refractivity contribution in [2.24, 2.45) is 0 Å². The van der Waals surface area contributed by atoms with Crippen molar-refractivity contribution < 1.29 is 9.00 Å². The van der Waals surface area contributed by atoms with Gasteiger partial charge in [-0.2, -0.15) is 0 Å². The van der Waals surface area contributed by atoms with Crippen LogP contribution >= 0.6 is 0 Å². The molecule has 0 spiro atoms. The monoisotopic (exact) mass is 409 g/mol. The lowest BCUT2D eigenvalue weighted by atomic mass is 10.2. The van der Waals surface area contributed by atoms with E-state index in [2.05, 4.69) is 5.32 Å². The number of nitrogens with one attached hydrogen (secondary N) is 1. The molecule has 1 unspecified atom stereocenters. The molecule has 1 aromatic heterocycles. The number of aromatic nitrogens is 2. The maximum Gasteiger partial charge on any atom is 0.244 e. The number of amides is 1. The second-order valence-corrected chi connectivity index (χ2v) is 10.9. The first-order chi connectivity index (χ1) is 13.8. The number of anilines is 1. The van der Waals surface area contributed by atoms with E-state index in [9.17, 15) is 9.00 Å². The second-order valence-electron chi connectivity index (χ2n) is 8.67. The molecule has 5 nitrogen and oxygen atoms in total. The number of benzene rings is 2. The van der Waals surface area contributed by atoms with Gasteiger partial charge in [0.15, 0.2) is 0 Å². The predicted octanol–water partition coefficient (Wildman–Crippen LogP) is 4.60. The minimum atomic E-state index is -0.978. The summed E-state index contributed by atoms with van der Waals surface area (Å²) in [6.45, 7) is 6.16. The summed E-state index contributed by atoms with van der Waals surface area (Å²) < 4.78 is 14.2. The fourth-order valence-corrected chi connectivity index (χ4v) is 4.28. The molecule has 0 saturated heterocycles. The lowest BCUT2D eigenvalue weighted by molar-refractivity contribution is -0.116. The summed E-state index contributed by atoms with van der Waals surface area (Å²) in [4.78, 5) is 17.5. The first-order valence-electron chi connectivity index (χ1n) is 10.0. The van der Waals surface area contributed by atoms with Crippen molar-refractivity contribution in [1.82, 2.24) is 9.55 Å². The molecule has 3 aromatic rings. The normalized spacial score (nSPS) is 15.4. The maximum atomic E-state index is 12.8. The number of nitrogens with zero attached hydrogens (tertiary/aromatic N) is 2. The molecular weight excluding hydrogens is 382 g/mol. The molecule has 1 N–H and O–H groups in total. The van der Waals surface area contributed by atoms with E-state index in [4.69, 9.17) is 4.98 Å². The molecule has 152 valence electrons. The zero-order chi connectivity index (χ0) is 20.6. The maximum absolute atomic E-state index is 12.8. The lowest BCUT2D eigenvalue weighted by Crippen LogP contribution is -2.23. The summed E-state index contributed by atoms with van der Waals surface area (Å²) >= 11 is 0. The summed E-state index contributed by atoms with van der Waals surface area (Å²) in [7, 11) is -0.978. The number of carbonyl (C=O) groups is 1.